The van der Waals surface area contributed by atoms with Crippen molar-refractivity contribution >= 4 is 5.91 Å². The molecule has 0 saturated heterocycles. The number of amides is 1. The molecule has 0 bridgehead atoms. The van der Waals surface area contributed by atoms with E-state index in [-0.39, 0.29) is 11.5 Å². The minimum Gasteiger partial charge on any atom is -0.375 e. The van der Waals surface area contributed by atoms with Gasteiger partial charge in [0.15, 0.2) is 0 Å². The van der Waals surface area contributed by atoms with Crippen LogP contribution in [0.5, 0.6) is 0 Å². The van der Waals surface area contributed by atoms with Crippen molar-refractivity contribution in [3.63, 3.8) is 0 Å². The quantitative estimate of drug-likeness (QED) is 0.632. The number of hydrogen-bond donors (Lipinski definition) is 1. The average Bonchev–Trinajstić information content (AvgIpc) is 2.37. The first-order valence-corrected chi connectivity index (χ1v) is 5.81. The van der Waals surface area contributed by atoms with E-state index < -0.39 is 0 Å². The molecule has 1 aromatic carbocycles. The van der Waals surface area contributed by atoms with Gasteiger partial charge in [-0.2, -0.15) is 5.26 Å². The highest BCUT2D eigenvalue weighted by atomic mass is 16.1. The van der Waals surface area contributed by atoms with Gasteiger partial charge in [0.05, 0.1) is 0 Å². The smallest absolute Gasteiger partial charge is 0.263 e. The highest BCUT2D eigenvalue weighted by Crippen LogP contribution is 2.04. The fourth-order valence-electron chi connectivity index (χ4n) is 1.53. The Morgan fingerprint density at radius 3 is 2.67 bits per heavy atom. The maximum Gasteiger partial charge on any atom is 0.263 e. The first kappa shape index (κ1) is 13.8. The van der Waals surface area contributed by atoms with Crippen LogP contribution in [0.1, 0.15) is 12.5 Å². The van der Waals surface area contributed by atoms with Crippen molar-refractivity contribution in [1.82, 2.24) is 10.2 Å². The van der Waals surface area contributed by atoms with Gasteiger partial charge in [0, 0.05) is 26.3 Å². The number of nitrogens with zero attached hydrogens (tertiary/aromatic N) is 2. The number of benzene rings is 1. The lowest BCUT2D eigenvalue weighted by atomic mass is 10.2. The van der Waals surface area contributed by atoms with Gasteiger partial charge in [-0.3, -0.25) is 4.79 Å². The van der Waals surface area contributed by atoms with E-state index in [0.717, 1.165) is 5.56 Å². The van der Waals surface area contributed by atoms with Crippen molar-refractivity contribution < 1.29 is 4.79 Å². The van der Waals surface area contributed by atoms with Crippen LogP contribution in [0.2, 0.25) is 0 Å². The first-order chi connectivity index (χ1) is 8.67. The SMILES string of the molecule is CCNC(=O)C(C#N)=CN(C)Cc1ccccc1. The summed E-state index contributed by atoms with van der Waals surface area (Å²) in [5.74, 6) is -0.333. The second-order valence-corrected chi connectivity index (χ2v) is 3.91. The Morgan fingerprint density at radius 1 is 1.44 bits per heavy atom. The van der Waals surface area contributed by atoms with E-state index >= 15 is 0 Å². The largest absolute Gasteiger partial charge is 0.375 e. The van der Waals surface area contributed by atoms with Crippen LogP contribution in [0.3, 0.4) is 0 Å². The van der Waals surface area contributed by atoms with Crippen molar-refractivity contribution in [3.05, 3.63) is 47.7 Å². The summed E-state index contributed by atoms with van der Waals surface area (Å²) in [6.07, 6.45) is 1.57. The lowest BCUT2D eigenvalue weighted by Gasteiger charge is -2.14. The number of carbonyl (C=O) groups is 1. The molecular formula is C14H17N3O. The lowest BCUT2D eigenvalue weighted by molar-refractivity contribution is -0.117. The molecule has 1 N–H and O–H groups in total. The Labute approximate surface area is 108 Å². The van der Waals surface area contributed by atoms with E-state index in [1.807, 2.05) is 55.3 Å². The average molecular weight is 243 g/mol. The van der Waals surface area contributed by atoms with Crippen LogP contribution in [0, 0.1) is 11.3 Å². The Balaban J connectivity index is 2.69. The Bertz CT molecular complexity index is 460. The molecule has 0 heterocycles. The molecule has 18 heavy (non-hydrogen) atoms. The van der Waals surface area contributed by atoms with Gasteiger partial charge in [-0.05, 0) is 12.5 Å². The molecule has 94 valence electrons. The minimum atomic E-state index is -0.333. The zero-order valence-electron chi connectivity index (χ0n) is 10.7. The topological polar surface area (TPSA) is 56.1 Å². The van der Waals surface area contributed by atoms with E-state index in [9.17, 15) is 4.79 Å². The Morgan fingerprint density at radius 2 is 2.11 bits per heavy atom. The zero-order chi connectivity index (χ0) is 13.4. The summed E-state index contributed by atoms with van der Waals surface area (Å²) in [4.78, 5) is 13.4. The van der Waals surface area contributed by atoms with E-state index in [1.54, 1.807) is 6.20 Å². The minimum absolute atomic E-state index is 0.121. The van der Waals surface area contributed by atoms with E-state index in [0.29, 0.717) is 13.1 Å². The van der Waals surface area contributed by atoms with Crippen molar-refractivity contribution in [1.29, 1.82) is 5.26 Å². The summed E-state index contributed by atoms with van der Waals surface area (Å²) >= 11 is 0. The summed E-state index contributed by atoms with van der Waals surface area (Å²) in [6, 6.07) is 11.8. The standard InChI is InChI=1S/C14H17N3O/c1-3-16-14(18)13(9-15)11-17(2)10-12-7-5-4-6-8-12/h4-8,11H,3,10H2,1-2H3,(H,16,18). The predicted molar refractivity (Wildman–Crippen MR) is 70.3 cm³/mol. The molecule has 0 fully saturated rings. The van der Waals surface area contributed by atoms with Crippen molar-refractivity contribution in [2.75, 3.05) is 13.6 Å². The van der Waals surface area contributed by atoms with Gasteiger partial charge in [0.2, 0.25) is 0 Å². The fourth-order valence-corrected chi connectivity index (χ4v) is 1.53. The van der Waals surface area contributed by atoms with Crippen LogP contribution in [0.4, 0.5) is 0 Å². The molecule has 0 saturated carbocycles. The van der Waals surface area contributed by atoms with E-state index in [4.69, 9.17) is 5.26 Å². The third-order valence-corrected chi connectivity index (χ3v) is 2.33. The number of carbonyl (C=O) groups excluding carboxylic acids is 1. The first-order valence-electron chi connectivity index (χ1n) is 5.81. The molecule has 1 amide bonds. The lowest BCUT2D eigenvalue weighted by Crippen LogP contribution is -2.25. The number of nitrogens with one attached hydrogen (secondary N) is 1. The third kappa shape index (κ3) is 4.30. The molecule has 0 aliphatic rings. The molecule has 0 aromatic heterocycles. The molecule has 4 heteroatoms. The Hall–Kier alpha value is -2.28. The maximum atomic E-state index is 11.5. The van der Waals surface area contributed by atoms with Crippen LogP contribution in [-0.2, 0) is 11.3 Å². The molecule has 4 nitrogen and oxygen atoms in total. The summed E-state index contributed by atoms with van der Waals surface area (Å²) in [5.41, 5.74) is 1.25. The van der Waals surface area contributed by atoms with Gasteiger partial charge in [0.1, 0.15) is 11.6 Å². The van der Waals surface area contributed by atoms with Crippen molar-refractivity contribution in [2.45, 2.75) is 13.5 Å². The van der Waals surface area contributed by atoms with Crippen molar-refractivity contribution in [3.8, 4) is 6.07 Å². The van der Waals surface area contributed by atoms with Gasteiger partial charge >= 0.3 is 0 Å². The number of rotatable bonds is 5. The third-order valence-electron chi connectivity index (χ3n) is 2.33. The van der Waals surface area contributed by atoms with Gasteiger partial charge in [-0.25, -0.2) is 0 Å². The summed E-state index contributed by atoms with van der Waals surface area (Å²) < 4.78 is 0. The molecule has 0 radical (unpaired) electrons. The molecule has 0 spiro atoms. The van der Waals surface area contributed by atoms with Crippen LogP contribution >= 0.6 is 0 Å². The van der Waals surface area contributed by atoms with E-state index in [1.165, 1.54) is 0 Å². The van der Waals surface area contributed by atoms with Crippen molar-refractivity contribution in [2.24, 2.45) is 0 Å². The molecule has 0 aliphatic heterocycles. The van der Waals surface area contributed by atoms with Gasteiger partial charge in [-0.15, -0.1) is 0 Å². The zero-order valence-corrected chi connectivity index (χ0v) is 10.7. The summed E-state index contributed by atoms with van der Waals surface area (Å²) in [7, 11) is 1.84. The monoisotopic (exact) mass is 243 g/mol. The number of likely N-dealkylation sites (N-methyl/N-ethyl adjacent to an activating group) is 1. The number of nitriles is 1. The van der Waals surface area contributed by atoms with Crippen LogP contribution in [-0.4, -0.2) is 24.4 Å². The van der Waals surface area contributed by atoms with Crippen LogP contribution in [0.25, 0.3) is 0 Å². The molecule has 1 aromatic rings. The second kappa shape index (κ2) is 7.13. The highest BCUT2D eigenvalue weighted by Gasteiger charge is 2.08. The number of hydrogen-bond acceptors (Lipinski definition) is 3. The van der Waals surface area contributed by atoms with Crippen LogP contribution < -0.4 is 5.32 Å². The molecule has 1 rings (SSSR count). The normalized spacial score (nSPS) is 10.6. The Kier molecular flexibility index (Phi) is 5.46. The van der Waals surface area contributed by atoms with E-state index in [2.05, 4.69) is 5.32 Å². The van der Waals surface area contributed by atoms with Crippen LogP contribution in [0.15, 0.2) is 42.1 Å². The second-order valence-electron chi connectivity index (χ2n) is 3.91. The summed E-state index contributed by atoms with van der Waals surface area (Å²) in [5, 5.41) is 11.5. The molecular weight excluding hydrogens is 226 g/mol. The molecule has 0 atom stereocenters. The fraction of sp³-hybridized carbons (Fsp3) is 0.286. The summed E-state index contributed by atoms with van der Waals surface area (Å²) in [6.45, 7) is 2.99. The maximum absolute atomic E-state index is 11.5. The molecule has 0 unspecified atom stereocenters. The molecule has 0 aliphatic carbocycles. The predicted octanol–water partition coefficient (Wildman–Crippen LogP) is 1.66. The van der Waals surface area contributed by atoms with Gasteiger partial charge in [-0.1, -0.05) is 30.3 Å². The van der Waals surface area contributed by atoms with Gasteiger partial charge < -0.3 is 10.2 Å². The van der Waals surface area contributed by atoms with Gasteiger partial charge in [0.25, 0.3) is 5.91 Å². The highest BCUT2D eigenvalue weighted by molar-refractivity contribution is 5.97.